The SMILES string of the molecule is Cc1c(/N=N/c2ccc(S(=O)(=O)NCCOCCO)cc2)c(O)n(C(C)CCCC(C)C)c(=O)c1C. The van der Waals surface area contributed by atoms with Crippen LogP contribution in [0.15, 0.2) is 44.2 Å². The second-order valence-corrected chi connectivity index (χ2v) is 11.0. The summed E-state index contributed by atoms with van der Waals surface area (Å²) in [6.07, 6.45) is 2.73. The summed E-state index contributed by atoms with van der Waals surface area (Å²) in [5.74, 6) is 0.338. The number of azo groups is 1. The molecule has 1 aromatic heterocycles. The number of aliphatic hydroxyl groups excluding tert-OH is 1. The summed E-state index contributed by atoms with van der Waals surface area (Å²) in [4.78, 5) is 12.9. The van der Waals surface area contributed by atoms with Crippen LogP contribution in [-0.2, 0) is 14.8 Å². The van der Waals surface area contributed by atoms with Crippen molar-refractivity contribution in [1.82, 2.24) is 9.29 Å². The Morgan fingerprint density at radius 1 is 1.03 bits per heavy atom. The van der Waals surface area contributed by atoms with Crippen molar-refractivity contribution in [1.29, 1.82) is 0 Å². The first-order valence-corrected chi connectivity index (χ1v) is 13.6. The molecular formula is C25H38N4O6S. The lowest BCUT2D eigenvalue weighted by Gasteiger charge is -2.20. The molecule has 2 aromatic rings. The van der Waals surface area contributed by atoms with Crippen molar-refractivity contribution < 1.29 is 23.4 Å². The van der Waals surface area contributed by atoms with E-state index in [0.717, 1.165) is 19.3 Å². The van der Waals surface area contributed by atoms with E-state index >= 15 is 0 Å². The van der Waals surface area contributed by atoms with Crippen LogP contribution in [0.4, 0.5) is 11.4 Å². The molecule has 3 N–H and O–H groups in total. The third-order valence-corrected chi connectivity index (χ3v) is 7.40. The number of nitrogens with one attached hydrogen (secondary N) is 1. The van der Waals surface area contributed by atoms with Crippen molar-refractivity contribution in [2.24, 2.45) is 16.1 Å². The molecule has 0 radical (unpaired) electrons. The normalized spacial score (nSPS) is 13.1. The van der Waals surface area contributed by atoms with E-state index in [2.05, 4.69) is 28.8 Å². The third-order valence-electron chi connectivity index (χ3n) is 5.93. The molecule has 11 heteroatoms. The lowest BCUT2D eigenvalue weighted by molar-refractivity contribution is 0.0961. The number of sulfonamides is 1. The van der Waals surface area contributed by atoms with Crippen LogP contribution in [0, 0.1) is 19.8 Å². The molecule has 0 aliphatic carbocycles. The van der Waals surface area contributed by atoms with Crippen molar-refractivity contribution in [2.45, 2.75) is 64.8 Å². The van der Waals surface area contributed by atoms with Gasteiger partial charge in [0.1, 0.15) is 5.69 Å². The standard InChI is InChI=1S/C25H38N4O6S/c1-17(2)7-6-8-18(3)29-24(31)20(5)19(4)23(25(29)32)28-27-21-9-11-22(12-10-21)36(33,34)26-13-15-35-16-14-30/h9-12,17-18,26,30,32H,6-8,13-16H2,1-5H3/b28-27+. The Morgan fingerprint density at radius 3 is 2.31 bits per heavy atom. The summed E-state index contributed by atoms with van der Waals surface area (Å²) in [6.45, 7) is 9.86. The molecule has 0 amide bonds. The largest absolute Gasteiger partial charge is 0.493 e. The van der Waals surface area contributed by atoms with Crippen molar-refractivity contribution in [3.05, 3.63) is 45.7 Å². The molecule has 0 aliphatic rings. The van der Waals surface area contributed by atoms with E-state index in [4.69, 9.17) is 9.84 Å². The van der Waals surface area contributed by atoms with Gasteiger partial charge in [-0.25, -0.2) is 13.1 Å². The molecule has 1 aromatic carbocycles. The second-order valence-electron chi connectivity index (χ2n) is 9.20. The Kier molecular flexibility index (Phi) is 11.2. The van der Waals surface area contributed by atoms with Gasteiger partial charge in [0, 0.05) is 18.2 Å². The molecule has 0 saturated heterocycles. The van der Waals surface area contributed by atoms with Crippen LogP contribution in [0.25, 0.3) is 0 Å². The van der Waals surface area contributed by atoms with Crippen molar-refractivity contribution >= 4 is 21.4 Å². The predicted octanol–water partition coefficient (Wildman–Crippen LogP) is 4.26. The first kappa shape index (κ1) is 29.6. The molecule has 0 fully saturated rings. The lowest BCUT2D eigenvalue weighted by Crippen LogP contribution is -2.27. The van der Waals surface area contributed by atoms with Gasteiger partial charge < -0.3 is 14.9 Å². The van der Waals surface area contributed by atoms with Crippen molar-refractivity contribution in [3.63, 3.8) is 0 Å². The predicted molar refractivity (Wildman–Crippen MR) is 139 cm³/mol. The van der Waals surface area contributed by atoms with Gasteiger partial charge in [0.25, 0.3) is 5.56 Å². The van der Waals surface area contributed by atoms with Gasteiger partial charge in [-0.05, 0) is 62.9 Å². The van der Waals surface area contributed by atoms with E-state index in [1.165, 1.54) is 28.8 Å². The molecule has 10 nitrogen and oxygen atoms in total. The van der Waals surface area contributed by atoms with E-state index in [-0.39, 0.29) is 54.4 Å². The molecule has 0 bridgehead atoms. The second kappa shape index (κ2) is 13.6. The fraction of sp³-hybridized carbons (Fsp3) is 0.560. The monoisotopic (exact) mass is 522 g/mol. The number of hydrogen-bond acceptors (Lipinski definition) is 8. The van der Waals surface area contributed by atoms with Gasteiger partial charge in [0.05, 0.1) is 30.4 Å². The van der Waals surface area contributed by atoms with Crippen LogP contribution in [0.2, 0.25) is 0 Å². The number of pyridine rings is 1. The number of benzene rings is 1. The summed E-state index contributed by atoms with van der Waals surface area (Å²) in [5.41, 5.74) is 1.39. The molecule has 1 unspecified atom stereocenters. The summed E-state index contributed by atoms with van der Waals surface area (Å²) < 4.78 is 33.6. The summed E-state index contributed by atoms with van der Waals surface area (Å²) in [7, 11) is -3.73. The highest BCUT2D eigenvalue weighted by molar-refractivity contribution is 7.89. The maximum Gasteiger partial charge on any atom is 0.256 e. The van der Waals surface area contributed by atoms with Gasteiger partial charge in [0.2, 0.25) is 15.9 Å². The average Bonchev–Trinajstić information content (AvgIpc) is 2.82. The Morgan fingerprint density at radius 2 is 1.69 bits per heavy atom. The van der Waals surface area contributed by atoms with Crippen LogP contribution in [-0.4, -0.2) is 49.6 Å². The van der Waals surface area contributed by atoms with Crippen molar-refractivity contribution in [2.75, 3.05) is 26.4 Å². The van der Waals surface area contributed by atoms with Gasteiger partial charge in [-0.15, -0.1) is 5.11 Å². The number of aromatic hydroxyl groups is 1. The fourth-order valence-electron chi connectivity index (χ4n) is 3.67. The van der Waals surface area contributed by atoms with E-state index in [1.807, 2.05) is 6.92 Å². The maximum atomic E-state index is 12.9. The minimum atomic E-state index is -3.73. The Balaban J connectivity index is 2.22. The minimum Gasteiger partial charge on any atom is -0.493 e. The zero-order chi connectivity index (χ0) is 26.9. The minimum absolute atomic E-state index is 0.0576. The van der Waals surface area contributed by atoms with E-state index in [0.29, 0.717) is 22.7 Å². The van der Waals surface area contributed by atoms with E-state index in [9.17, 15) is 18.3 Å². The van der Waals surface area contributed by atoms with Crippen molar-refractivity contribution in [3.8, 4) is 5.88 Å². The van der Waals surface area contributed by atoms with Gasteiger partial charge >= 0.3 is 0 Å². The topological polar surface area (TPSA) is 143 Å². The lowest BCUT2D eigenvalue weighted by atomic mass is 10.0. The number of rotatable bonds is 14. The Bertz CT molecular complexity index is 1190. The molecule has 0 aliphatic heterocycles. The summed E-state index contributed by atoms with van der Waals surface area (Å²) in [6, 6.07) is 5.62. The van der Waals surface area contributed by atoms with Gasteiger partial charge in [-0.2, -0.15) is 5.11 Å². The molecule has 1 heterocycles. The van der Waals surface area contributed by atoms with Crippen LogP contribution in [0.5, 0.6) is 5.88 Å². The molecule has 1 atom stereocenters. The van der Waals surface area contributed by atoms with Crippen LogP contribution >= 0.6 is 0 Å². The number of hydrogen-bond donors (Lipinski definition) is 3. The van der Waals surface area contributed by atoms with E-state index in [1.54, 1.807) is 13.8 Å². The highest BCUT2D eigenvalue weighted by Gasteiger charge is 2.20. The average molecular weight is 523 g/mol. The first-order valence-electron chi connectivity index (χ1n) is 12.1. The Labute approximate surface area is 213 Å². The third kappa shape index (κ3) is 7.95. The molecule has 36 heavy (non-hydrogen) atoms. The summed E-state index contributed by atoms with van der Waals surface area (Å²) in [5, 5.41) is 28.0. The van der Waals surface area contributed by atoms with Crippen LogP contribution in [0.3, 0.4) is 0 Å². The highest BCUT2D eigenvalue weighted by Crippen LogP contribution is 2.34. The van der Waals surface area contributed by atoms with Gasteiger partial charge in [0.15, 0.2) is 0 Å². The quantitative estimate of drug-likeness (QED) is 0.250. The van der Waals surface area contributed by atoms with Crippen LogP contribution in [0.1, 0.15) is 57.2 Å². The Hall–Kier alpha value is -2.60. The summed E-state index contributed by atoms with van der Waals surface area (Å²) >= 11 is 0. The molecule has 0 saturated carbocycles. The van der Waals surface area contributed by atoms with E-state index < -0.39 is 10.0 Å². The number of nitrogens with zero attached hydrogens (tertiary/aromatic N) is 3. The number of aromatic nitrogens is 1. The van der Waals surface area contributed by atoms with Gasteiger partial charge in [-0.1, -0.05) is 26.7 Å². The number of ether oxygens (including phenoxy) is 1. The molecule has 0 spiro atoms. The van der Waals surface area contributed by atoms with Crippen LogP contribution < -0.4 is 10.3 Å². The van der Waals surface area contributed by atoms with Gasteiger partial charge in [-0.3, -0.25) is 9.36 Å². The zero-order valence-electron chi connectivity index (χ0n) is 21.7. The number of aliphatic hydroxyl groups is 1. The highest BCUT2D eigenvalue weighted by atomic mass is 32.2. The fourth-order valence-corrected chi connectivity index (χ4v) is 4.69. The first-order chi connectivity index (χ1) is 17.0. The smallest absolute Gasteiger partial charge is 0.256 e. The molecule has 2 rings (SSSR count). The molecule has 200 valence electrons. The zero-order valence-corrected chi connectivity index (χ0v) is 22.5. The maximum absolute atomic E-state index is 12.9. The molecular weight excluding hydrogens is 484 g/mol.